The van der Waals surface area contributed by atoms with E-state index >= 15 is 0 Å². The third-order valence-corrected chi connectivity index (χ3v) is 3.14. The first-order chi connectivity index (χ1) is 9.35. The summed E-state index contributed by atoms with van der Waals surface area (Å²) in [4.78, 5) is 12.0. The quantitative estimate of drug-likeness (QED) is 0.766. The van der Waals surface area contributed by atoms with Gasteiger partial charge >= 0.3 is 0 Å². The first-order valence-corrected chi connectivity index (χ1v) is 7.07. The highest BCUT2D eigenvalue weighted by atomic mass is 15.1. The Bertz CT molecular complexity index is 460. The van der Waals surface area contributed by atoms with E-state index in [-0.39, 0.29) is 6.04 Å². The Morgan fingerprint density at radius 2 is 2.16 bits per heavy atom. The topological polar surface area (TPSA) is 58.5 Å². The number of hydrogen-bond acceptors (Lipinski definition) is 3. The van der Waals surface area contributed by atoms with E-state index in [2.05, 4.69) is 44.9 Å². The van der Waals surface area contributed by atoms with Gasteiger partial charge in [-0.3, -0.25) is 0 Å². The lowest BCUT2D eigenvalue weighted by molar-refractivity contribution is 0.485. The lowest BCUT2D eigenvalue weighted by atomic mass is 10.1. The van der Waals surface area contributed by atoms with Gasteiger partial charge < -0.3 is 14.9 Å². The summed E-state index contributed by atoms with van der Waals surface area (Å²) >= 11 is 0. The molecule has 0 aromatic carbocycles. The van der Waals surface area contributed by atoms with Crippen molar-refractivity contribution in [1.82, 2.24) is 24.8 Å². The molecule has 2 aromatic rings. The van der Waals surface area contributed by atoms with E-state index in [0.29, 0.717) is 0 Å². The summed E-state index contributed by atoms with van der Waals surface area (Å²) in [5.41, 5.74) is 0. The highest BCUT2D eigenvalue weighted by molar-refractivity contribution is 5.03. The molecule has 1 unspecified atom stereocenters. The fourth-order valence-electron chi connectivity index (χ4n) is 2.21. The number of nitrogens with zero attached hydrogens (tertiary/aromatic N) is 3. The van der Waals surface area contributed by atoms with Gasteiger partial charge in [0.2, 0.25) is 0 Å². The van der Waals surface area contributed by atoms with Crippen LogP contribution in [0.3, 0.4) is 0 Å². The third-order valence-electron chi connectivity index (χ3n) is 3.14. The molecule has 0 amide bonds. The maximum absolute atomic E-state index is 4.47. The Hall–Kier alpha value is -1.62. The second kappa shape index (κ2) is 7.09. The maximum Gasteiger partial charge on any atom is 0.123 e. The molecule has 2 rings (SSSR count). The molecular weight excluding hydrogens is 238 g/mol. The van der Waals surface area contributed by atoms with E-state index in [9.17, 15) is 0 Å². The Labute approximate surface area is 114 Å². The van der Waals surface area contributed by atoms with Crippen molar-refractivity contribution < 1.29 is 0 Å². The van der Waals surface area contributed by atoms with Crippen LogP contribution in [0.1, 0.15) is 44.4 Å². The second-order valence-corrected chi connectivity index (χ2v) is 4.72. The number of imidazole rings is 2. The minimum absolute atomic E-state index is 0.202. The highest BCUT2D eigenvalue weighted by Gasteiger charge is 2.16. The molecule has 0 saturated heterocycles. The molecule has 0 aliphatic heterocycles. The standard InChI is InChI=1S/C14H23N5/c1-3-5-15-12(14-17-6-7-18-14)11-13-16-8-10-19(13)9-4-2/h6-8,10,12,15H,3-5,9,11H2,1-2H3,(H,17,18). The number of hydrogen-bond donors (Lipinski definition) is 2. The molecule has 0 aliphatic carbocycles. The van der Waals surface area contributed by atoms with Crippen LogP contribution < -0.4 is 5.32 Å². The van der Waals surface area contributed by atoms with Gasteiger partial charge in [0.05, 0.1) is 6.04 Å². The summed E-state index contributed by atoms with van der Waals surface area (Å²) < 4.78 is 2.23. The maximum atomic E-state index is 4.47. The van der Waals surface area contributed by atoms with Gasteiger partial charge in [-0.15, -0.1) is 0 Å². The van der Waals surface area contributed by atoms with E-state index in [1.807, 2.05) is 12.4 Å². The van der Waals surface area contributed by atoms with E-state index in [1.165, 1.54) is 0 Å². The van der Waals surface area contributed by atoms with Crippen LogP contribution in [0, 0.1) is 0 Å². The Balaban J connectivity index is 2.08. The Morgan fingerprint density at radius 1 is 1.26 bits per heavy atom. The molecule has 0 spiro atoms. The largest absolute Gasteiger partial charge is 0.347 e. The van der Waals surface area contributed by atoms with Gasteiger partial charge in [0, 0.05) is 37.8 Å². The summed E-state index contributed by atoms with van der Waals surface area (Å²) in [7, 11) is 0. The zero-order valence-corrected chi connectivity index (χ0v) is 11.8. The van der Waals surface area contributed by atoms with Crippen LogP contribution in [-0.4, -0.2) is 26.1 Å². The second-order valence-electron chi connectivity index (χ2n) is 4.72. The van der Waals surface area contributed by atoms with Crippen molar-refractivity contribution >= 4 is 0 Å². The number of aromatic nitrogens is 4. The lowest BCUT2D eigenvalue weighted by Crippen LogP contribution is -2.26. The van der Waals surface area contributed by atoms with Crippen LogP contribution >= 0.6 is 0 Å². The van der Waals surface area contributed by atoms with Gasteiger partial charge in [-0.25, -0.2) is 9.97 Å². The number of nitrogens with one attached hydrogen (secondary N) is 2. The number of rotatable bonds is 8. The van der Waals surface area contributed by atoms with Crippen LogP contribution in [0.2, 0.25) is 0 Å². The molecule has 19 heavy (non-hydrogen) atoms. The average molecular weight is 261 g/mol. The van der Waals surface area contributed by atoms with E-state index in [1.54, 1.807) is 6.20 Å². The molecule has 2 aromatic heterocycles. The predicted octanol–water partition coefficient (Wildman–Crippen LogP) is 2.30. The first kappa shape index (κ1) is 13.8. The number of H-pyrrole nitrogens is 1. The van der Waals surface area contributed by atoms with Gasteiger partial charge in [-0.05, 0) is 19.4 Å². The van der Waals surface area contributed by atoms with Gasteiger partial charge in [0.1, 0.15) is 11.6 Å². The van der Waals surface area contributed by atoms with Crippen LogP contribution in [0.5, 0.6) is 0 Å². The molecule has 0 bridgehead atoms. The summed E-state index contributed by atoms with van der Waals surface area (Å²) in [5.74, 6) is 2.10. The molecular formula is C14H23N5. The molecule has 0 aliphatic rings. The number of aryl methyl sites for hydroxylation is 1. The highest BCUT2D eigenvalue weighted by Crippen LogP contribution is 2.14. The smallest absolute Gasteiger partial charge is 0.123 e. The monoisotopic (exact) mass is 261 g/mol. The molecule has 5 heteroatoms. The van der Waals surface area contributed by atoms with Crippen LogP contribution in [0.4, 0.5) is 0 Å². The van der Waals surface area contributed by atoms with Crippen LogP contribution in [-0.2, 0) is 13.0 Å². The Morgan fingerprint density at radius 3 is 2.84 bits per heavy atom. The minimum Gasteiger partial charge on any atom is -0.347 e. The van der Waals surface area contributed by atoms with Crippen LogP contribution in [0.25, 0.3) is 0 Å². The van der Waals surface area contributed by atoms with Gasteiger partial charge in [0.15, 0.2) is 0 Å². The first-order valence-electron chi connectivity index (χ1n) is 7.07. The van der Waals surface area contributed by atoms with Crippen LogP contribution in [0.15, 0.2) is 24.8 Å². The van der Waals surface area contributed by atoms with E-state index in [0.717, 1.165) is 44.0 Å². The van der Waals surface area contributed by atoms with Crippen molar-refractivity contribution in [3.05, 3.63) is 36.4 Å². The predicted molar refractivity (Wildman–Crippen MR) is 75.8 cm³/mol. The zero-order valence-electron chi connectivity index (χ0n) is 11.8. The molecule has 2 N–H and O–H groups in total. The summed E-state index contributed by atoms with van der Waals surface area (Å²) in [6.07, 6.45) is 10.7. The van der Waals surface area contributed by atoms with Crippen molar-refractivity contribution in [1.29, 1.82) is 0 Å². The van der Waals surface area contributed by atoms with Crippen molar-refractivity contribution in [2.45, 2.75) is 45.7 Å². The fourth-order valence-corrected chi connectivity index (χ4v) is 2.21. The van der Waals surface area contributed by atoms with Gasteiger partial charge in [-0.2, -0.15) is 0 Å². The minimum atomic E-state index is 0.202. The normalized spacial score (nSPS) is 12.7. The summed E-state index contributed by atoms with van der Waals surface area (Å²) in [6, 6.07) is 0.202. The zero-order chi connectivity index (χ0) is 13.5. The van der Waals surface area contributed by atoms with Gasteiger partial charge in [0.25, 0.3) is 0 Å². The molecule has 0 fully saturated rings. The van der Waals surface area contributed by atoms with Gasteiger partial charge in [-0.1, -0.05) is 13.8 Å². The Kier molecular flexibility index (Phi) is 5.15. The molecule has 1 atom stereocenters. The van der Waals surface area contributed by atoms with E-state index < -0.39 is 0 Å². The molecule has 5 nitrogen and oxygen atoms in total. The number of aromatic amines is 1. The average Bonchev–Trinajstić information content (AvgIpc) is 3.06. The lowest BCUT2D eigenvalue weighted by Gasteiger charge is -2.17. The molecule has 2 heterocycles. The van der Waals surface area contributed by atoms with Crippen molar-refractivity contribution in [2.75, 3.05) is 6.54 Å². The molecule has 0 radical (unpaired) electrons. The molecule has 104 valence electrons. The fraction of sp³-hybridized carbons (Fsp3) is 0.571. The van der Waals surface area contributed by atoms with Crippen molar-refractivity contribution in [2.24, 2.45) is 0 Å². The third kappa shape index (κ3) is 3.67. The molecule has 0 saturated carbocycles. The SMILES string of the molecule is CCCNC(Cc1nccn1CCC)c1ncc[nH]1. The van der Waals surface area contributed by atoms with E-state index in [4.69, 9.17) is 0 Å². The van der Waals surface area contributed by atoms with Crippen molar-refractivity contribution in [3.63, 3.8) is 0 Å². The summed E-state index contributed by atoms with van der Waals surface area (Å²) in [5, 5.41) is 3.53. The summed E-state index contributed by atoms with van der Waals surface area (Å²) in [6.45, 7) is 6.36. The van der Waals surface area contributed by atoms with Crippen molar-refractivity contribution in [3.8, 4) is 0 Å².